The lowest BCUT2D eigenvalue weighted by Crippen LogP contribution is -2.51. The number of aliphatic hydroxyl groups excluding tert-OH is 1. The van der Waals surface area contributed by atoms with Gasteiger partial charge in [-0.3, -0.25) is 5.73 Å². The van der Waals surface area contributed by atoms with Crippen LogP contribution in [0.3, 0.4) is 0 Å². The first-order valence-corrected chi connectivity index (χ1v) is 4.76. The van der Waals surface area contributed by atoms with E-state index >= 15 is 0 Å². The van der Waals surface area contributed by atoms with Crippen molar-refractivity contribution in [1.29, 1.82) is 0 Å². The van der Waals surface area contributed by atoms with Gasteiger partial charge in [0.1, 0.15) is 6.10 Å². The van der Waals surface area contributed by atoms with Crippen LogP contribution < -0.4 is 5.73 Å². The van der Waals surface area contributed by atoms with Crippen LogP contribution in [-0.4, -0.2) is 22.0 Å². The summed E-state index contributed by atoms with van der Waals surface area (Å²) in [6.45, 7) is 0. The van der Waals surface area contributed by atoms with Gasteiger partial charge in [-0.05, 0) is 5.56 Å². The molecule has 2 rings (SSSR count). The van der Waals surface area contributed by atoms with Crippen molar-refractivity contribution in [3.63, 3.8) is 0 Å². The van der Waals surface area contributed by atoms with E-state index in [9.17, 15) is 10.2 Å². The molecule has 4 N–H and O–H groups in total. The molecule has 3 heteroatoms. The molecule has 0 spiro atoms. The molecule has 1 aromatic rings. The Labute approximate surface area is 88.2 Å². The van der Waals surface area contributed by atoms with Crippen LogP contribution in [0.25, 0.3) is 5.57 Å². The molecule has 0 fully saturated rings. The third-order valence-electron chi connectivity index (χ3n) is 2.52. The van der Waals surface area contributed by atoms with Gasteiger partial charge in [-0.15, -0.1) is 0 Å². The van der Waals surface area contributed by atoms with E-state index in [4.69, 9.17) is 5.73 Å². The monoisotopic (exact) mass is 203 g/mol. The van der Waals surface area contributed by atoms with Gasteiger partial charge < -0.3 is 10.2 Å². The Hall–Kier alpha value is -1.42. The molecule has 15 heavy (non-hydrogen) atoms. The molecule has 0 aromatic heterocycles. The highest BCUT2D eigenvalue weighted by Crippen LogP contribution is 2.29. The number of benzene rings is 1. The highest BCUT2D eigenvalue weighted by atomic mass is 16.4. The summed E-state index contributed by atoms with van der Waals surface area (Å²) < 4.78 is 0. The van der Waals surface area contributed by atoms with E-state index in [2.05, 4.69) is 0 Å². The van der Waals surface area contributed by atoms with Crippen LogP contribution in [-0.2, 0) is 0 Å². The maximum atomic E-state index is 9.96. The molecule has 0 bridgehead atoms. The molecular formula is C12H13NO2. The molecule has 0 saturated heterocycles. The van der Waals surface area contributed by atoms with E-state index in [1.807, 2.05) is 30.3 Å². The molecular weight excluding hydrogens is 190 g/mol. The molecule has 78 valence electrons. The van der Waals surface area contributed by atoms with Gasteiger partial charge in [-0.1, -0.05) is 48.6 Å². The SMILES string of the molecule is N[C@@]1(O)C(c2ccccc2)=CC=C[C@H]1O. The summed E-state index contributed by atoms with van der Waals surface area (Å²) in [5, 5.41) is 19.5. The van der Waals surface area contributed by atoms with E-state index in [0.29, 0.717) is 5.57 Å². The number of allylic oxidation sites excluding steroid dienone is 2. The lowest BCUT2D eigenvalue weighted by atomic mass is 9.88. The molecule has 1 aliphatic rings. The Bertz CT molecular complexity index is 407. The van der Waals surface area contributed by atoms with Gasteiger partial charge in [0.05, 0.1) is 0 Å². The highest BCUT2D eigenvalue weighted by molar-refractivity contribution is 5.75. The second-order valence-corrected chi connectivity index (χ2v) is 3.60. The fourth-order valence-corrected chi connectivity index (χ4v) is 1.64. The summed E-state index contributed by atoms with van der Waals surface area (Å²) in [6.07, 6.45) is 3.79. The van der Waals surface area contributed by atoms with Crippen molar-refractivity contribution >= 4 is 5.57 Å². The highest BCUT2D eigenvalue weighted by Gasteiger charge is 2.35. The summed E-state index contributed by atoms with van der Waals surface area (Å²) in [5.74, 6) is 0. The topological polar surface area (TPSA) is 66.5 Å². The third-order valence-corrected chi connectivity index (χ3v) is 2.52. The van der Waals surface area contributed by atoms with Crippen LogP contribution in [0.1, 0.15) is 5.56 Å². The maximum absolute atomic E-state index is 9.96. The average molecular weight is 203 g/mol. The molecule has 0 aliphatic heterocycles. The Kier molecular flexibility index (Phi) is 2.44. The number of nitrogens with two attached hydrogens (primary N) is 1. The molecule has 0 heterocycles. The minimum Gasteiger partial charge on any atom is -0.384 e. The molecule has 1 aliphatic carbocycles. The largest absolute Gasteiger partial charge is 0.384 e. The molecule has 0 saturated carbocycles. The summed E-state index contributed by atoms with van der Waals surface area (Å²) in [7, 11) is 0. The normalized spacial score (nSPS) is 30.1. The smallest absolute Gasteiger partial charge is 0.170 e. The lowest BCUT2D eigenvalue weighted by Gasteiger charge is -2.32. The van der Waals surface area contributed by atoms with Gasteiger partial charge in [-0.2, -0.15) is 0 Å². The first-order chi connectivity index (χ1) is 7.12. The van der Waals surface area contributed by atoms with Gasteiger partial charge in [0.2, 0.25) is 0 Å². The zero-order chi connectivity index (χ0) is 10.9. The van der Waals surface area contributed by atoms with Crippen LogP contribution in [0.5, 0.6) is 0 Å². The van der Waals surface area contributed by atoms with E-state index in [0.717, 1.165) is 5.56 Å². The number of rotatable bonds is 1. The van der Waals surface area contributed by atoms with Crippen molar-refractivity contribution in [3.8, 4) is 0 Å². The van der Waals surface area contributed by atoms with Gasteiger partial charge in [0.15, 0.2) is 5.72 Å². The summed E-state index contributed by atoms with van der Waals surface area (Å²) >= 11 is 0. The lowest BCUT2D eigenvalue weighted by molar-refractivity contribution is -0.00197. The zero-order valence-corrected chi connectivity index (χ0v) is 8.17. The van der Waals surface area contributed by atoms with Gasteiger partial charge in [0, 0.05) is 5.57 Å². The van der Waals surface area contributed by atoms with Crippen molar-refractivity contribution in [2.24, 2.45) is 5.73 Å². The Morgan fingerprint density at radius 3 is 2.53 bits per heavy atom. The number of hydrogen-bond donors (Lipinski definition) is 3. The van der Waals surface area contributed by atoms with E-state index in [1.54, 1.807) is 12.2 Å². The molecule has 2 atom stereocenters. The number of hydrogen-bond acceptors (Lipinski definition) is 3. The van der Waals surface area contributed by atoms with Crippen LogP contribution in [0, 0.1) is 0 Å². The summed E-state index contributed by atoms with van der Waals surface area (Å²) in [4.78, 5) is 0. The van der Waals surface area contributed by atoms with Gasteiger partial charge >= 0.3 is 0 Å². The molecule has 0 unspecified atom stereocenters. The van der Waals surface area contributed by atoms with Crippen LogP contribution in [0.2, 0.25) is 0 Å². The van der Waals surface area contributed by atoms with Gasteiger partial charge in [0.25, 0.3) is 0 Å². The molecule has 0 amide bonds. The van der Waals surface area contributed by atoms with E-state index in [-0.39, 0.29) is 0 Å². The van der Waals surface area contributed by atoms with Crippen molar-refractivity contribution in [2.45, 2.75) is 11.8 Å². The predicted molar refractivity (Wildman–Crippen MR) is 58.7 cm³/mol. The minimum absolute atomic E-state index is 0.526. The maximum Gasteiger partial charge on any atom is 0.170 e. The Balaban J connectivity index is 2.45. The Morgan fingerprint density at radius 1 is 1.20 bits per heavy atom. The summed E-state index contributed by atoms with van der Waals surface area (Å²) in [6, 6.07) is 9.29. The van der Waals surface area contributed by atoms with E-state index < -0.39 is 11.8 Å². The molecule has 1 aromatic carbocycles. The second-order valence-electron chi connectivity index (χ2n) is 3.60. The fourth-order valence-electron chi connectivity index (χ4n) is 1.64. The Morgan fingerprint density at radius 2 is 1.87 bits per heavy atom. The van der Waals surface area contributed by atoms with Gasteiger partial charge in [-0.25, -0.2) is 0 Å². The van der Waals surface area contributed by atoms with E-state index in [1.165, 1.54) is 6.08 Å². The average Bonchev–Trinajstić information content (AvgIpc) is 2.23. The summed E-state index contributed by atoms with van der Waals surface area (Å²) in [5.41, 5.74) is 5.31. The first-order valence-electron chi connectivity index (χ1n) is 4.76. The van der Waals surface area contributed by atoms with Crippen LogP contribution in [0.15, 0.2) is 48.6 Å². The minimum atomic E-state index is -1.71. The van der Waals surface area contributed by atoms with Crippen molar-refractivity contribution < 1.29 is 10.2 Å². The van der Waals surface area contributed by atoms with Crippen LogP contribution >= 0.6 is 0 Å². The van der Waals surface area contributed by atoms with Crippen molar-refractivity contribution in [2.75, 3.05) is 0 Å². The zero-order valence-electron chi connectivity index (χ0n) is 8.17. The van der Waals surface area contributed by atoms with Crippen molar-refractivity contribution in [1.82, 2.24) is 0 Å². The molecule has 3 nitrogen and oxygen atoms in total. The first kappa shape index (κ1) is 10.1. The third kappa shape index (κ3) is 1.72. The standard InChI is InChI=1S/C12H13NO2/c13-12(15)10(7-4-8-11(12)14)9-5-2-1-3-6-9/h1-8,11,14-15H,13H2/t11-,12-/m1/s1. The quantitative estimate of drug-likeness (QED) is 0.587. The predicted octanol–water partition coefficient (Wildman–Crippen LogP) is 0.648. The van der Waals surface area contributed by atoms with Crippen molar-refractivity contribution in [3.05, 3.63) is 54.1 Å². The second kappa shape index (κ2) is 3.62. The molecule has 0 radical (unpaired) electrons. The number of aliphatic hydroxyl groups is 2. The van der Waals surface area contributed by atoms with Crippen LogP contribution in [0.4, 0.5) is 0 Å². The fraction of sp³-hybridized carbons (Fsp3) is 0.167.